The Morgan fingerprint density at radius 3 is 3.10 bits per heavy atom. The van der Waals surface area contributed by atoms with Gasteiger partial charge in [-0.05, 0) is 23.9 Å². The summed E-state index contributed by atoms with van der Waals surface area (Å²) in [5.74, 6) is 1.10. The lowest BCUT2D eigenvalue weighted by atomic mass is 10.4. The fourth-order valence-electron chi connectivity index (χ4n) is 2.68. The van der Waals surface area contributed by atoms with Gasteiger partial charge in [-0.2, -0.15) is 0 Å². The second-order valence-corrected chi connectivity index (χ2v) is 8.50. The van der Waals surface area contributed by atoms with Crippen LogP contribution in [-0.2, 0) is 11.3 Å². The summed E-state index contributed by atoms with van der Waals surface area (Å²) in [6.07, 6.45) is 2.37. The molecule has 4 heterocycles. The maximum atomic E-state index is 12.8. The SMILES string of the molecule is CCCN(Cc1nnc(-c2cccs2)o1)C(=O)CSc1nc2ncc(Cl)cc2[nH]1. The molecule has 4 aromatic rings. The standard InChI is InChI=1S/C18H17ClN6O2S2/c1-2-5-25(9-14-23-24-17(27-14)13-4-3-6-28-13)15(26)10-29-18-21-12-7-11(19)8-20-16(12)22-18/h3-4,6-8H,2,5,9-10H2,1H3,(H,20,21,22). The van der Waals surface area contributed by atoms with Gasteiger partial charge in [0.15, 0.2) is 10.8 Å². The Kier molecular flexibility index (Phi) is 6.12. The third-order valence-electron chi connectivity index (χ3n) is 3.99. The smallest absolute Gasteiger partial charge is 0.257 e. The van der Waals surface area contributed by atoms with E-state index in [1.54, 1.807) is 17.2 Å². The Bertz CT molecular complexity index is 1110. The van der Waals surface area contributed by atoms with Crippen molar-refractivity contribution in [2.75, 3.05) is 12.3 Å². The highest BCUT2D eigenvalue weighted by Gasteiger charge is 2.18. The highest BCUT2D eigenvalue weighted by molar-refractivity contribution is 7.99. The Hall–Kier alpha value is -2.43. The number of carbonyl (C=O) groups is 1. The van der Waals surface area contributed by atoms with Crippen LogP contribution in [0.5, 0.6) is 0 Å². The number of pyridine rings is 1. The number of thioether (sulfide) groups is 1. The number of nitrogens with zero attached hydrogens (tertiary/aromatic N) is 5. The molecule has 29 heavy (non-hydrogen) atoms. The molecule has 4 rings (SSSR count). The minimum atomic E-state index is -0.0285. The van der Waals surface area contributed by atoms with Crippen LogP contribution in [0, 0.1) is 0 Å². The molecule has 0 saturated heterocycles. The normalized spacial score (nSPS) is 11.2. The molecule has 0 bridgehead atoms. The summed E-state index contributed by atoms with van der Waals surface area (Å²) < 4.78 is 5.72. The number of hydrogen-bond acceptors (Lipinski definition) is 8. The van der Waals surface area contributed by atoms with Crippen LogP contribution < -0.4 is 0 Å². The topological polar surface area (TPSA) is 101 Å². The van der Waals surface area contributed by atoms with Crippen LogP contribution in [0.2, 0.25) is 5.02 Å². The minimum absolute atomic E-state index is 0.0285. The number of H-pyrrole nitrogens is 1. The van der Waals surface area contributed by atoms with E-state index in [0.717, 1.165) is 16.8 Å². The molecule has 0 fully saturated rings. The second-order valence-electron chi connectivity index (χ2n) is 6.15. The molecule has 11 heteroatoms. The predicted molar refractivity (Wildman–Crippen MR) is 113 cm³/mol. The van der Waals surface area contributed by atoms with Gasteiger partial charge in [0.1, 0.15) is 0 Å². The first-order chi connectivity index (χ1) is 14.1. The average molecular weight is 449 g/mol. The van der Waals surface area contributed by atoms with Crippen molar-refractivity contribution in [2.45, 2.75) is 25.0 Å². The minimum Gasteiger partial charge on any atom is -0.418 e. The molecule has 0 spiro atoms. The Morgan fingerprint density at radius 1 is 1.41 bits per heavy atom. The van der Waals surface area contributed by atoms with Crippen molar-refractivity contribution < 1.29 is 9.21 Å². The lowest BCUT2D eigenvalue weighted by molar-refractivity contribution is -0.129. The van der Waals surface area contributed by atoms with Crippen LogP contribution in [0.1, 0.15) is 19.2 Å². The van der Waals surface area contributed by atoms with Gasteiger partial charge in [0, 0.05) is 12.7 Å². The van der Waals surface area contributed by atoms with Crippen LogP contribution in [0.4, 0.5) is 0 Å². The van der Waals surface area contributed by atoms with Crippen molar-refractivity contribution in [2.24, 2.45) is 0 Å². The van der Waals surface area contributed by atoms with E-state index in [-0.39, 0.29) is 18.2 Å². The van der Waals surface area contributed by atoms with Crippen LogP contribution in [-0.4, -0.2) is 48.3 Å². The molecule has 1 N–H and O–H groups in total. The van der Waals surface area contributed by atoms with Gasteiger partial charge in [-0.15, -0.1) is 21.5 Å². The fourth-order valence-corrected chi connectivity index (χ4v) is 4.26. The molecular formula is C18H17ClN6O2S2. The number of aromatic nitrogens is 5. The number of imidazole rings is 1. The zero-order valence-corrected chi connectivity index (χ0v) is 17.9. The largest absolute Gasteiger partial charge is 0.418 e. The first-order valence-electron chi connectivity index (χ1n) is 8.90. The third-order valence-corrected chi connectivity index (χ3v) is 5.91. The molecule has 8 nitrogen and oxygen atoms in total. The maximum Gasteiger partial charge on any atom is 0.257 e. The van der Waals surface area contributed by atoms with E-state index in [0.29, 0.717) is 34.2 Å². The molecule has 4 aromatic heterocycles. The first-order valence-corrected chi connectivity index (χ1v) is 11.1. The number of fused-ring (bicyclic) bond motifs is 1. The fraction of sp³-hybridized carbons (Fsp3) is 0.278. The van der Waals surface area contributed by atoms with Gasteiger partial charge in [0.25, 0.3) is 5.89 Å². The molecule has 0 aliphatic rings. The molecule has 0 aliphatic carbocycles. The van der Waals surface area contributed by atoms with Crippen molar-refractivity contribution in [1.29, 1.82) is 0 Å². The van der Waals surface area contributed by atoms with E-state index < -0.39 is 0 Å². The first kappa shape index (κ1) is 19.9. The summed E-state index contributed by atoms with van der Waals surface area (Å²) in [6, 6.07) is 5.60. The molecular weight excluding hydrogens is 432 g/mol. The van der Waals surface area contributed by atoms with Gasteiger partial charge in [-0.3, -0.25) is 4.79 Å². The molecule has 0 radical (unpaired) electrons. The summed E-state index contributed by atoms with van der Waals surface area (Å²) in [5.41, 5.74) is 1.31. The van der Waals surface area contributed by atoms with Crippen molar-refractivity contribution >= 4 is 51.8 Å². The van der Waals surface area contributed by atoms with E-state index in [4.69, 9.17) is 16.0 Å². The van der Waals surface area contributed by atoms with E-state index in [1.807, 2.05) is 24.4 Å². The van der Waals surface area contributed by atoms with Gasteiger partial charge in [-0.25, -0.2) is 9.97 Å². The van der Waals surface area contributed by atoms with E-state index >= 15 is 0 Å². The molecule has 0 atom stereocenters. The summed E-state index contributed by atoms with van der Waals surface area (Å²) in [6.45, 7) is 2.91. The highest BCUT2D eigenvalue weighted by atomic mass is 35.5. The summed E-state index contributed by atoms with van der Waals surface area (Å²) in [5, 5.41) is 11.3. The van der Waals surface area contributed by atoms with E-state index in [9.17, 15) is 4.79 Å². The Morgan fingerprint density at radius 2 is 2.31 bits per heavy atom. The number of carbonyl (C=O) groups excluding carboxylic acids is 1. The van der Waals surface area contributed by atoms with Gasteiger partial charge in [-0.1, -0.05) is 36.4 Å². The van der Waals surface area contributed by atoms with Crippen LogP contribution >= 0.6 is 34.7 Å². The van der Waals surface area contributed by atoms with Crippen LogP contribution in [0.25, 0.3) is 21.9 Å². The number of nitrogens with one attached hydrogen (secondary N) is 1. The lowest BCUT2D eigenvalue weighted by Gasteiger charge is -2.19. The molecule has 0 aromatic carbocycles. The average Bonchev–Trinajstić information content (AvgIpc) is 3.45. The Balaban J connectivity index is 1.40. The van der Waals surface area contributed by atoms with Crippen LogP contribution in [0.3, 0.4) is 0 Å². The highest BCUT2D eigenvalue weighted by Crippen LogP contribution is 2.24. The van der Waals surface area contributed by atoms with E-state index in [1.165, 1.54) is 23.1 Å². The predicted octanol–water partition coefficient (Wildman–Crippen LogP) is 4.25. The quantitative estimate of drug-likeness (QED) is 0.402. The number of hydrogen-bond donors (Lipinski definition) is 1. The van der Waals surface area contributed by atoms with Crippen molar-refractivity contribution in [3.8, 4) is 10.8 Å². The lowest BCUT2D eigenvalue weighted by Crippen LogP contribution is -2.32. The van der Waals surface area contributed by atoms with Gasteiger partial charge in [0.2, 0.25) is 11.8 Å². The third kappa shape index (κ3) is 4.77. The number of aromatic amines is 1. The monoisotopic (exact) mass is 448 g/mol. The van der Waals surface area contributed by atoms with Gasteiger partial charge < -0.3 is 14.3 Å². The van der Waals surface area contributed by atoms with Gasteiger partial charge in [0.05, 0.1) is 27.7 Å². The molecule has 0 unspecified atom stereocenters. The summed E-state index contributed by atoms with van der Waals surface area (Å²) >= 11 is 8.80. The molecule has 150 valence electrons. The van der Waals surface area contributed by atoms with Crippen LogP contribution in [0.15, 0.2) is 39.3 Å². The van der Waals surface area contributed by atoms with Gasteiger partial charge >= 0.3 is 0 Å². The van der Waals surface area contributed by atoms with Crippen molar-refractivity contribution in [3.05, 3.63) is 40.7 Å². The number of halogens is 1. The number of amides is 1. The molecule has 1 amide bonds. The van der Waals surface area contributed by atoms with Crippen molar-refractivity contribution in [1.82, 2.24) is 30.0 Å². The maximum absolute atomic E-state index is 12.8. The summed E-state index contributed by atoms with van der Waals surface area (Å²) in [7, 11) is 0. The number of thiophene rings is 1. The van der Waals surface area contributed by atoms with E-state index in [2.05, 4.69) is 25.1 Å². The molecule has 0 aliphatic heterocycles. The summed E-state index contributed by atoms with van der Waals surface area (Å²) in [4.78, 5) is 27.0. The Labute approximate surface area is 179 Å². The number of rotatable bonds is 8. The van der Waals surface area contributed by atoms with Crippen molar-refractivity contribution in [3.63, 3.8) is 0 Å². The second kappa shape index (κ2) is 8.93. The zero-order chi connectivity index (χ0) is 20.2. The molecule has 0 saturated carbocycles. The zero-order valence-electron chi connectivity index (χ0n) is 15.5.